The van der Waals surface area contributed by atoms with Crippen molar-refractivity contribution in [1.82, 2.24) is 14.4 Å². The molecule has 0 saturated carbocycles. The molecule has 29 heavy (non-hydrogen) atoms. The molecule has 1 saturated heterocycles. The van der Waals surface area contributed by atoms with Gasteiger partial charge in [-0.1, -0.05) is 25.4 Å². The summed E-state index contributed by atoms with van der Waals surface area (Å²) in [4.78, 5) is 29.4. The lowest BCUT2D eigenvalue weighted by Crippen LogP contribution is -2.60. The summed E-state index contributed by atoms with van der Waals surface area (Å²) < 4.78 is 2.12. The Morgan fingerprint density at radius 3 is 2.07 bits per heavy atom. The first kappa shape index (κ1) is 21.4. The van der Waals surface area contributed by atoms with Crippen molar-refractivity contribution in [1.29, 1.82) is 0 Å². The smallest absolute Gasteiger partial charge is 0.255 e. The van der Waals surface area contributed by atoms with Crippen molar-refractivity contribution in [2.45, 2.75) is 59.5 Å². The number of aryl methyl sites for hydroxylation is 2. The molecule has 2 amide bonds. The number of carbonyl (C=O) groups is 2. The number of hydrogen-bond donors (Lipinski definition) is 0. The number of hydrogen-bond acceptors (Lipinski definition) is 2. The Labute approximate surface area is 178 Å². The van der Waals surface area contributed by atoms with Crippen LogP contribution in [0.2, 0.25) is 5.02 Å². The first-order chi connectivity index (χ1) is 13.8. The molecule has 156 valence electrons. The average Bonchev–Trinajstić information content (AvgIpc) is 3.05. The van der Waals surface area contributed by atoms with E-state index in [2.05, 4.69) is 30.5 Å². The van der Waals surface area contributed by atoms with Crippen LogP contribution >= 0.6 is 11.6 Å². The van der Waals surface area contributed by atoms with Crippen LogP contribution in [0.1, 0.15) is 55.4 Å². The van der Waals surface area contributed by atoms with Crippen molar-refractivity contribution in [2.24, 2.45) is 0 Å². The van der Waals surface area contributed by atoms with Crippen LogP contribution in [0.15, 0.2) is 30.3 Å². The van der Waals surface area contributed by atoms with E-state index in [0.29, 0.717) is 23.7 Å². The minimum Gasteiger partial charge on any atom is -0.336 e. The fourth-order valence-electron chi connectivity index (χ4n) is 4.33. The van der Waals surface area contributed by atoms with Gasteiger partial charge in [0.2, 0.25) is 5.91 Å². The van der Waals surface area contributed by atoms with Gasteiger partial charge in [0.25, 0.3) is 5.91 Å². The highest BCUT2D eigenvalue weighted by Gasteiger charge is 2.36. The minimum absolute atomic E-state index is 0.0102. The number of halogens is 1. The third-order valence-electron chi connectivity index (χ3n) is 6.01. The summed E-state index contributed by atoms with van der Waals surface area (Å²) in [5.41, 5.74) is 3.66. The first-order valence-electron chi connectivity index (χ1n) is 10.3. The molecule has 0 aliphatic carbocycles. The van der Waals surface area contributed by atoms with Crippen LogP contribution in [0.4, 0.5) is 0 Å². The Morgan fingerprint density at radius 1 is 0.966 bits per heavy atom. The summed E-state index contributed by atoms with van der Waals surface area (Å²) in [5.74, 6) is 0.00815. The number of rotatable bonds is 4. The average molecular weight is 416 g/mol. The Balaban J connectivity index is 1.97. The maximum Gasteiger partial charge on any atom is 0.255 e. The van der Waals surface area contributed by atoms with E-state index < -0.39 is 0 Å². The molecule has 1 aromatic carbocycles. The van der Waals surface area contributed by atoms with Crippen molar-refractivity contribution >= 4 is 23.4 Å². The number of amides is 2. The van der Waals surface area contributed by atoms with Gasteiger partial charge in [0, 0.05) is 49.2 Å². The predicted molar refractivity (Wildman–Crippen MR) is 117 cm³/mol. The normalized spacial score (nSPS) is 19.5. The van der Waals surface area contributed by atoms with Crippen LogP contribution in [0.5, 0.6) is 0 Å². The van der Waals surface area contributed by atoms with Crippen LogP contribution in [-0.4, -0.2) is 51.4 Å². The molecule has 2 unspecified atom stereocenters. The van der Waals surface area contributed by atoms with Gasteiger partial charge in [-0.3, -0.25) is 9.59 Å². The Hall–Kier alpha value is -2.27. The van der Waals surface area contributed by atoms with Crippen molar-refractivity contribution in [3.8, 4) is 5.69 Å². The third kappa shape index (κ3) is 4.06. The van der Waals surface area contributed by atoms with Crippen LogP contribution in [0.3, 0.4) is 0 Å². The molecule has 0 radical (unpaired) electrons. The zero-order valence-electron chi connectivity index (χ0n) is 17.9. The standard InChI is InChI=1S/C23H30ClN3O2/c1-6-18-14-26(19(7-2)13-25(18)17(5)28)23(29)21-12-20(10-11-22(21)24)27-15(3)8-9-16(27)4/h8-12,18-19H,6-7,13-14H2,1-5H3. The van der Waals surface area contributed by atoms with E-state index in [1.165, 1.54) is 0 Å². The molecular formula is C23H30ClN3O2. The molecule has 1 fully saturated rings. The SMILES string of the molecule is CCC1CN(C(=O)c2cc(-n3c(C)ccc3C)ccc2Cl)C(CC)CN1C(C)=O. The molecule has 1 aliphatic rings. The maximum absolute atomic E-state index is 13.5. The molecular weight excluding hydrogens is 386 g/mol. The van der Waals surface area contributed by atoms with Crippen molar-refractivity contribution in [3.05, 3.63) is 52.3 Å². The van der Waals surface area contributed by atoms with E-state index in [9.17, 15) is 9.59 Å². The number of benzene rings is 1. The summed E-state index contributed by atoms with van der Waals surface area (Å²) in [7, 11) is 0. The second-order valence-corrected chi connectivity index (χ2v) is 8.28. The lowest BCUT2D eigenvalue weighted by Gasteiger charge is -2.46. The summed E-state index contributed by atoms with van der Waals surface area (Å²) in [5, 5.41) is 0.457. The lowest BCUT2D eigenvalue weighted by molar-refractivity contribution is -0.135. The highest BCUT2D eigenvalue weighted by molar-refractivity contribution is 6.33. The molecule has 1 aromatic heterocycles. The molecule has 0 spiro atoms. The number of piperazine rings is 1. The van der Waals surface area contributed by atoms with E-state index in [1.807, 2.05) is 35.8 Å². The number of carbonyl (C=O) groups excluding carboxylic acids is 2. The Kier molecular flexibility index (Phi) is 6.37. The van der Waals surface area contributed by atoms with E-state index in [1.54, 1.807) is 13.0 Å². The number of aromatic nitrogens is 1. The summed E-state index contributed by atoms with van der Waals surface area (Å²) in [6, 6.07) is 9.78. The van der Waals surface area contributed by atoms with Crippen LogP contribution in [0, 0.1) is 13.8 Å². The zero-order chi connectivity index (χ0) is 21.3. The van der Waals surface area contributed by atoms with Gasteiger partial charge >= 0.3 is 0 Å². The van der Waals surface area contributed by atoms with Crippen molar-refractivity contribution in [3.63, 3.8) is 0 Å². The van der Waals surface area contributed by atoms with Gasteiger partial charge in [-0.15, -0.1) is 0 Å². The fraction of sp³-hybridized carbons (Fsp3) is 0.478. The molecule has 3 rings (SSSR count). The quantitative estimate of drug-likeness (QED) is 0.732. The predicted octanol–water partition coefficient (Wildman–Crippen LogP) is 4.61. The van der Waals surface area contributed by atoms with E-state index in [4.69, 9.17) is 11.6 Å². The second-order valence-electron chi connectivity index (χ2n) is 7.87. The molecule has 0 bridgehead atoms. The highest BCUT2D eigenvalue weighted by atomic mass is 35.5. The van der Waals surface area contributed by atoms with Gasteiger partial charge < -0.3 is 14.4 Å². The Morgan fingerprint density at radius 2 is 1.52 bits per heavy atom. The summed E-state index contributed by atoms with van der Waals surface area (Å²) in [6.45, 7) is 10.9. The first-order valence-corrected chi connectivity index (χ1v) is 10.7. The molecule has 0 N–H and O–H groups in total. The van der Waals surface area contributed by atoms with Crippen LogP contribution < -0.4 is 0 Å². The molecule has 2 heterocycles. The largest absolute Gasteiger partial charge is 0.336 e. The third-order valence-corrected chi connectivity index (χ3v) is 6.34. The summed E-state index contributed by atoms with van der Waals surface area (Å²) in [6.07, 6.45) is 1.61. The maximum atomic E-state index is 13.5. The monoisotopic (exact) mass is 415 g/mol. The Bertz CT molecular complexity index is 901. The van der Waals surface area contributed by atoms with Gasteiger partial charge in [-0.25, -0.2) is 0 Å². The summed E-state index contributed by atoms with van der Waals surface area (Å²) >= 11 is 6.47. The highest BCUT2D eigenvalue weighted by Crippen LogP contribution is 2.27. The topological polar surface area (TPSA) is 45.6 Å². The molecule has 5 nitrogen and oxygen atoms in total. The van der Waals surface area contributed by atoms with E-state index in [0.717, 1.165) is 29.9 Å². The lowest BCUT2D eigenvalue weighted by atomic mass is 10.0. The van der Waals surface area contributed by atoms with Crippen LogP contribution in [0.25, 0.3) is 5.69 Å². The van der Waals surface area contributed by atoms with Gasteiger partial charge in [0.15, 0.2) is 0 Å². The fourth-order valence-corrected chi connectivity index (χ4v) is 4.53. The van der Waals surface area contributed by atoms with Gasteiger partial charge in [-0.2, -0.15) is 0 Å². The molecule has 2 aromatic rings. The van der Waals surface area contributed by atoms with Crippen molar-refractivity contribution < 1.29 is 9.59 Å². The zero-order valence-corrected chi connectivity index (χ0v) is 18.7. The molecule has 1 aliphatic heterocycles. The van der Waals surface area contributed by atoms with Crippen LogP contribution in [-0.2, 0) is 4.79 Å². The molecule has 6 heteroatoms. The van der Waals surface area contributed by atoms with Gasteiger partial charge in [-0.05, 0) is 57.0 Å². The number of nitrogens with zero attached hydrogens (tertiary/aromatic N) is 3. The van der Waals surface area contributed by atoms with Gasteiger partial charge in [0.05, 0.1) is 10.6 Å². The molecule has 2 atom stereocenters. The van der Waals surface area contributed by atoms with Crippen molar-refractivity contribution in [2.75, 3.05) is 13.1 Å². The van der Waals surface area contributed by atoms with E-state index >= 15 is 0 Å². The van der Waals surface area contributed by atoms with E-state index in [-0.39, 0.29) is 23.9 Å². The minimum atomic E-state index is -0.0622. The second kappa shape index (κ2) is 8.62. The van der Waals surface area contributed by atoms with Gasteiger partial charge in [0.1, 0.15) is 0 Å².